The lowest BCUT2D eigenvalue weighted by Gasteiger charge is -2.23. The van der Waals surface area contributed by atoms with Crippen LogP contribution in [-0.2, 0) is 0 Å². The maximum absolute atomic E-state index is 5.70. The van der Waals surface area contributed by atoms with Crippen molar-refractivity contribution >= 4 is 0 Å². The van der Waals surface area contributed by atoms with E-state index in [0.29, 0.717) is 11.5 Å². The van der Waals surface area contributed by atoms with Crippen LogP contribution in [-0.4, -0.2) is 31.1 Å². The molecule has 0 heterocycles. The molecule has 0 spiro atoms. The molecule has 0 aromatic carbocycles. The van der Waals surface area contributed by atoms with E-state index >= 15 is 0 Å². The zero-order valence-corrected chi connectivity index (χ0v) is 10.6. The average Bonchev–Trinajstić information content (AvgIpc) is 1.99. The van der Waals surface area contributed by atoms with Crippen LogP contribution in [0.1, 0.15) is 47.0 Å². The standard InChI is InChI=1S/C12H28N2/c1-11(13)7-6-9-14(5)10-8-12(2,3)4/h11H,6-10,13H2,1-5H3. The summed E-state index contributed by atoms with van der Waals surface area (Å²) in [7, 11) is 2.20. The Morgan fingerprint density at radius 3 is 2.21 bits per heavy atom. The Bertz CT molecular complexity index is 136. The minimum absolute atomic E-state index is 0.353. The first-order chi connectivity index (χ1) is 6.31. The van der Waals surface area contributed by atoms with E-state index < -0.39 is 0 Å². The summed E-state index contributed by atoms with van der Waals surface area (Å²) >= 11 is 0. The molecular weight excluding hydrogens is 172 g/mol. The molecule has 0 amide bonds. The Labute approximate surface area is 89.9 Å². The van der Waals surface area contributed by atoms with Gasteiger partial charge in [0.15, 0.2) is 0 Å². The van der Waals surface area contributed by atoms with Crippen LogP contribution in [0.15, 0.2) is 0 Å². The lowest BCUT2D eigenvalue weighted by molar-refractivity contribution is 0.259. The number of hydrogen-bond donors (Lipinski definition) is 1. The highest BCUT2D eigenvalue weighted by Crippen LogP contribution is 2.18. The Morgan fingerprint density at radius 2 is 1.79 bits per heavy atom. The maximum Gasteiger partial charge on any atom is 0.00109 e. The van der Waals surface area contributed by atoms with E-state index in [1.54, 1.807) is 0 Å². The van der Waals surface area contributed by atoms with E-state index in [2.05, 4.69) is 39.6 Å². The molecule has 0 aliphatic carbocycles. The summed E-state index contributed by atoms with van der Waals surface area (Å²) < 4.78 is 0. The van der Waals surface area contributed by atoms with Gasteiger partial charge in [-0.15, -0.1) is 0 Å². The molecule has 0 aromatic rings. The molecule has 1 unspecified atom stereocenters. The van der Waals surface area contributed by atoms with Gasteiger partial charge in [0.1, 0.15) is 0 Å². The van der Waals surface area contributed by atoms with Crippen molar-refractivity contribution in [3.63, 3.8) is 0 Å². The highest BCUT2D eigenvalue weighted by Gasteiger charge is 2.10. The van der Waals surface area contributed by atoms with Crippen molar-refractivity contribution in [3.8, 4) is 0 Å². The molecule has 0 bridgehead atoms. The molecule has 0 aliphatic heterocycles. The Kier molecular flexibility index (Phi) is 6.38. The summed E-state index contributed by atoms with van der Waals surface area (Å²) in [5.74, 6) is 0. The lowest BCUT2D eigenvalue weighted by Crippen LogP contribution is -2.26. The van der Waals surface area contributed by atoms with E-state index in [0.717, 1.165) is 6.42 Å². The third kappa shape index (κ3) is 10.0. The molecule has 14 heavy (non-hydrogen) atoms. The Morgan fingerprint density at radius 1 is 1.21 bits per heavy atom. The third-order valence-corrected chi connectivity index (χ3v) is 2.44. The summed E-state index contributed by atoms with van der Waals surface area (Å²) in [6.07, 6.45) is 3.62. The average molecular weight is 200 g/mol. The fourth-order valence-corrected chi connectivity index (χ4v) is 1.32. The summed E-state index contributed by atoms with van der Waals surface area (Å²) in [6, 6.07) is 0.353. The molecule has 0 radical (unpaired) electrons. The van der Waals surface area contributed by atoms with Crippen LogP contribution < -0.4 is 5.73 Å². The molecule has 0 fully saturated rings. The van der Waals surface area contributed by atoms with E-state index in [1.807, 2.05) is 0 Å². The molecule has 1 atom stereocenters. The third-order valence-electron chi connectivity index (χ3n) is 2.44. The normalized spacial score (nSPS) is 14.8. The number of rotatable bonds is 6. The molecule has 2 heteroatoms. The minimum atomic E-state index is 0.353. The second-order valence-electron chi connectivity index (χ2n) is 5.73. The highest BCUT2D eigenvalue weighted by atomic mass is 15.1. The summed E-state index contributed by atoms with van der Waals surface area (Å²) in [4.78, 5) is 2.41. The number of hydrogen-bond acceptors (Lipinski definition) is 2. The van der Waals surface area contributed by atoms with E-state index in [1.165, 1.54) is 25.9 Å². The van der Waals surface area contributed by atoms with Crippen molar-refractivity contribution in [1.29, 1.82) is 0 Å². The van der Waals surface area contributed by atoms with Gasteiger partial charge in [-0.25, -0.2) is 0 Å². The topological polar surface area (TPSA) is 29.3 Å². The number of nitrogens with two attached hydrogens (primary N) is 1. The van der Waals surface area contributed by atoms with Gasteiger partial charge in [-0.3, -0.25) is 0 Å². The van der Waals surface area contributed by atoms with Crippen molar-refractivity contribution in [1.82, 2.24) is 4.90 Å². The van der Waals surface area contributed by atoms with Crippen LogP contribution in [0.2, 0.25) is 0 Å². The molecule has 0 saturated heterocycles. The molecule has 0 saturated carbocycles. The number of nitrogens with zero attached hydrogens (tertiary/aromatic N) is 1. The van der Waals surface area contributed by atoms with Gasteiger partial charge >= 0.3 is 0 Å². The van der Waals surface area contributed by atoms with Crippen molar-refractivity contribution in [2.75, 3.05) is 20.1 Å². The van der Waals surface area contributed by atoms with Gasteiger partial charge in [0.05, 0.1) is 0 Å². The lowest BCUT2D eigenvalue weighted by atomic mass is 9.92. The highest BCUT2D eigenvalue weighted by molar-refractivity contribution is 4.64. The molecule has 2 nitrogen and oxygen atoms in total. The maximum atomic E-state index is 5.70. The van der Waals surface area contributed by atoms with Crippen molar-refractivity contribution in [3.05, 3.63) is 0 Å². The van der Waals surface area contributed by atoms with Gasteiger partial charge in [-0.2, -0.15) is 0 Å². The first-order valence-electron chi connectivity index (χ1n) is 5.75. The predicted molar refractivity (Wildman–Crippen MR) is 64.5 cm³/mol. The first kappa shape index (κ1) is 13.9. The molecule has 0 rings (SSSR count). The first-order valence-corrected chi connectivity index (χ1v) is 5.75. The van der Waals surface area contributed by atoms with Crippen LogP contribution in [0.5, 0.6) is 0 Å². The van der Waals surface area contributed by atoms with Crippen molar-refractivity contribution < 1.29 is 0 Å². The van der Waals surface area contributed by atoms with Gasteiger partial charge < -0.3 is 10.6 Å². The molecule has 2 N–H and O–H groups in total. The minimum Gasteiger partial charge on any atom is -0.328 e. The summed E-state index contributed by atoms with van der Waals surface area (Å²) in [6.45, 7) is 11.3. The van der Waals surface area contributed by atoms with Crippen LogP contribution in [0.3, 0.4) is 0 Å². The second kappa shape index (κ2) is 6.41. The van der Waals surface area contributed by atoms with Gasteiger partial charge in [-0.1, -0.05) is 20.8 Å². The second-order valence-corrected chi connectivity index (χ2v) is 5.73. The van der Waals surface area contributed by atoms with Crippen LogP contribution >= 0.6 is 0 Å². The molecule has 0 aromatic heterocycles. The van der Waals surface area contributed by atoms with Crippen LogP contribution in [0, 0.1) is 5.41 Å². The van der Waals surface area contributed by atoms with Gasteiger partial charge in [0, 0.05) is 6.04 Å². The fourth-order valence-electron chi connectivity index (χ4n) is 1.32. The monoisotopic (exact) mass is 200 g/mol. The fraction of sp³-hybridized carbons (Fsp3) is 1.00. The largest absolute Gasteiger partial charge is 0.328 e. The van der Waals surface area contributed by atoms with Crippen molar-refractivity contribution in [2.45, 2.75) is 53.0 Å². The van der Waals surface area contributed by atoms with Gasteiger partial charge in [0.2, 0.25) is 0 Å². The zero-order chi connectivity index (χ0) is 11.2. The Hall–Kier alpha value is -0.0800. The molecule has 0 aliphatic rings. The smallest absolute Gasteiger partial charge is 0.00109 e. The Balaban J connectivity index is 3.42. The van der Waals surface area contributed by atoms with Crippen LogP contribution in [0.4, 0.5) is 0 Å². The predicted octanol–water partition coefficient (Wildman–Crippen LogP) is 2.48. The van der Waals surface area contributed by atoms with Gasteiger partial charge in [0.25, 0.3) is 0 Å². The van der Waals surface area contributed by atoms with E-state index in [-0.39, 0.29) is 0 Å². The summed E-state index contributed by atoms with van der Waals surface area (Å²) in [5.41, 5.74) is 6.16. The molecular formula is C12H28N2. The molecule has 86 valence electrons. The van der Waals surface area contributed by atoms with E-state index in [4.69, 9.17) is 5.73 Å². The quantitative estimate of drug-likeness (QED) is 0.714. The van der Waals surface area contributed by atoms with Crippen molar-refractivity contribution in [2.24, 2.45) is 11.1 Å². The SMILES string of the molecule is CC(N)CCCN(C)CCC(C)(C)C. The zero-order valence-electron chi connectivity index (χ0n) is 10.6. The summed E-state index contributed by atoms with van der Waals surface area (Å²) in [5, 5.41) is 0. The van der Waals surface area contributed by atoms with Gasteiger partial charge in [-0.05, 0) is 51.7 Å². The van der Waals surface area contributed by atoms with Crippen LogP contribution in [0.25, 0.3) is 0 Å². The van der Waals surface area contributed by atoms with E-state index in [9.17, 15) is 0 Å².